The largest absolute Gasteiger partial charge is 0.300 e. The van der Waals surface area contributed by atoms with Crippen LogP contribution in [0.2, 0.25) is 0 Å². The molecule has 1 amide bonds. The first-order chi connectivity index (χ1) is 12.8. The molecule has 0 spiro atoms. The normalized spacial score (nSPS) is 11.8. The highest BCUT2D eigenvalue weighted by molar-refractivity contribution is 7.14. The molecule has 0 unspecified atom stereocenters. The van der Waals surface area contributed by atoms with Gasteiger partial charge in [0.1, 0.15) is 6.33 Å². The van der Waals surface area contributed by atoms with Crippen molar-refractivity contribution in [3.63, 3.8) is 0 Å². The standard InChI is InChI=1S/C17H13N7OS/c25-16(15(24-11-19-22-23-24)13-4-2-1-3-5-13)21-17-20-14(10-26-17)12-6-8-18-9-7-12/h1-11,15H,(H,20,21,25)/t15-/m1/s1. The molecule has 0 saturated carbocycles. The summed E-state index contributed by atoms with van der Waals surface area (Å²) in [6, 6.07) is 12.4. The third-order valence-corrected chi connectivity index (χ3v) is 4.46. The lowest BCUT2D eigenvalue weighted by Gasteiger charge is -2.15. The molecule has 0 fully saturated rings. The summed E-state index contributed by atoms with van der Waals surface area (Å²) in [4.78, 5) is 21.4. The highest BCUT2D eigenvalue weighted by Gasteiger charge is 2.24. The van der Waals surface area contributed by atoms with Crippen molar-refractivity contribution >= 4 is 22.4 Å². The third-order valence-electron chi connectivity index (χ3n) is 3.70. The zero-order valence-corrected chi connectivity index (χ0v) is 14.2. The molecular weight excluding hydrogens is 350 g/mol. The summed E-state index contributed by atoms with van der Waals surface area (Å²) in [6.45, 7) is 0. The molecule has 9 heteroatoms. The molecule has 0 aliphatic carbocycles. The van der Waals surface area contributed by atoms with Gasteiger partial charge in [-0.2, -0.15) is 0 Å². The molecule has 1 atom stereocenters. The smallest absolute Gasteiger partial charge is 0.255 e. The van der Waals surface area contributed by atoms with Gasteiger partial charge in [0.05, 0.1) is 5.69 Å². The number of aromatic nitrogens is 6. The average molecular weight is 363 g/mol. The lowest BCUT2D eigenvalue weighted by molar-refractivity contribution is -0.118. The van der Waals surface area contributed by atoms with E-state index in [2.05, 4.69) is 30.8 Å². The maximum absolute atomic E-state index is 12.9. The van der Waals surface area contributed by atoms with Crippen LogP contribution >= 0.6 is 11.3 Å². The topological polar surface area (TPSA) is 98.5 Å². The van der Waals surface area contributed by atoms with Gasteiger partial charge in [-0.05, 0) is 28.1 Å². The number of benzene rings is 1. The Morgan fingerprint density at radius 2 is 1.92 bits per heavy atom. The fourth-order valence-corrected chi connectivity index (χ4v) is 3.23. The predicted molar refractivity (Wildman–Crippen MR) is 96.4 cm³/mol. The average Bonchev–Trinajstić information content (AvgIpc) is 3.36. The number of nitrogens with one attached hydrogen (secondary N) is 1. The zero-order valence-electron chi connectivity index (χ0n) is 13.4. The molecule has 0 bridgehead atoms. The van der Waals surface area contributed by atoms with E-state index in [4.69, 9.17) is 0 Å². The summed E-state index contributed by atoms with van der Waals surface area (Å²) in [5.41, 5.74) is 2.51. The number of pyridine rings is 1. The van der Waals surface area contributed by atoms with Crippen LogP contribution in [0.25, 0.3) is 11.3 Å². The Balaban J connectivity index is 1.59. The first-order valence-electron chi connectivity index (χ1n) is 7.75. The number of hydrogen-bond acceptors (Lipinski definition) is 7. The molecule has 0 aliphatic rings. The predicted octanol–water partition coefficient (Wildman–Crippen LogP) is 2.42. The first kappa shape index (κ1) is 16.0. The van der Waals surface area contributed by atoms with Crippen molar-refractivity contribution < 1.29 is 4.79 Å². The van der Waals surface area contributed by atoms with Crippen LogP contribution in [0.4, 0.5) is 5.13 Å². The first-order valence-corrected chi connectivity index (χ1v) is 8.63. The van der Waals surface area contributed by atoms with Crippen LogP contribution in [0.5, 0.6) is 0 Å². The molecule has 3 heterocycles. The Bertz CT molecular complexity index is 986. The number of thiazole rings is 1. The van der Waals surface area contributed by atoms with E-state index in [0.29, 0.717) is 5.13 Å². The van der Waals surface area contributed by atoms with Gasteiger partial charge in [-0.1, -0.05) is 30.3 Å². The van der Waals surface area contributed by atoms with Gasteiger partial charge < -0.3 is 0 Å². The molecule has 1 N–H and O–H groups in total. The number of hydrogen-bond donors (Lipinski definition) is 1. The molecule has 0 aliphatic heterocycles. The molecule has 0 saturated heterocycles. The lowest BCUT2D eigenvalue weighted by atomic mass is 10.1. The zero-order chi connectivity index (χ0) is 17.8. The Hall–Kier alpha value is -3.46. The summed E-state index contributed by atoms with van der Waals surface area (Å²) in [6.07, 6.45) is 4.83. The molecule has 26 heavy (non-hydrogen) atoms. The Labute approximate surface area is 152 Å². The van der Waals surface area contributed by atoms with Crippen LogP contribution in [0, 0.1) is 0 Å². The number of anilines is 1. The fourth-order valence-electron chi connectivity index (χ4n) is 2.51. The molecule has 1 aromatic carbocycles. The summed E-state index contributed by atoms with van der Waals surface area (Å²) in [7, 11) is 0. The summed E-state index contributed by atoms with van der Waals surface area (Å²) in [5.74, 6) is -0.265. The lowest BCUT2D eigenvalue weighted by Crippen LogP contribution is -2.27. The second-order valence-corrected chi connectivity index (χ2v) is 6.22. The number of amides is 1. The van der Waals surface area contributed by atoms with Crippen LogP contribution in [0.3, 0.4) is 0 Å². The van der Waals surface area contributed by atoms with Crippen LogP contribution in [0.1, 0.15) is 11.6 Å². The van der Waals surface area contributed by atoms with Gasteiger partial charge in [-0.15, -0.1) is 16.4 Å². The second kappa shape index (κ2) is 7.19. The maximum Gasteiger partial charge on any atom is 0.255 e. The fraction of sp³-hybridized carbons (Fsp3) is 0.0588. The molecule has 128 valence electrons. The van der Waals surface area contributed by atoms with E-state index in [1.807, 2.05) is 47.8 Å². The van der Waals surface area contributed by atoms with E-state index in [1.54, 1.807) is 12.4 Å². The second-order valence-electron chi connectivity index (χ2n) is 5.37. The van der Waals surface area contributed by atoms with E-state index in [0.717, 1.165) is 16.8 Å². The minimum Gasteiger partial charge on any atom is -0.300 e. The Kier molecular flexibility index (Phi) is 4.44. The minimum absolute atomic E-state index is 0.265. The van der Waals surface area contributed by atoms with Gasteiger partial charge in [0.15, 0.2) is 11.2 Å². The number of nitrogens with zero attached hydrogens (tertiary/aromatic N) is 6. The van der Waals surface area contributed by atoms with Crippen LogP contribution in [-0.4, -0.2) is 36.1 Å². The summed E-state index contributed by atoms with van der Waals surface area (Å²) < 4.78 is 1.42. The monoisotopic (exact) mass is 363 g/mol. The van der Waals surface area contributed by atoms with Crippen LogP contribution in [0.15, 0.2) is 66.6 Å². The van der Waals surface area contributed by atoms with E-state index in [-0.39, 0.29) is 5.91 Å². The summed E-state index contributed by atoms with van der Waals surface area (Å²) >= 11 is 1.36. The van der Waals surface area contributed by atoms with Crippen molar-refractivity contribution in [2.75, 3.05) is 5.32 Å². The highest BCUT2D eigenvalue weighted by Crippen LogP contribution is 2.26. The van der Waals surface area contributed by atoms with E-state index < -0.39 is 6.04 Å². The van der Waals surface area contributed by atoms with Crippen LogP contribution in [-0.2, 0) is 4.79 Å². The van der Waals surface area contributed by atoms with Gasteiger partial charge in [-0.25, -0.2) is 9.67 Å². The molecule has 4 aromatic rings. The van der Waals surface area contributed by atoms with Gasteiger partial charge >= 0.3 is 0 Å². The van der Waals surface area contributed by atoms with Crippen molar-refractivity contribution in [3.05, 3.63) is 72.1 Å². The minimum atomic E-state index is -0.681. The molecule has 0 radical (unpaired) electrons. The molecule has 4 rings (SSSR count). The van der Waals surface area contributed by atoms with Crippen molar-refractivity contribution in [1.29, 1.82) is 0 Å². The molecule has 8 nitrogen and oxygen atoms in total. The van der Waals surface area contributed by atoms with Crippen molar-refractivity contribution in [2.24, 2.45) is 0 Å². The Morgan fingerprint density at radius 3 is 2.65 bits per heavy atom. The van der Waals surface area contributed by atoms with Gasteiger partial charge in [0, 0.05) is 23.3 Å². The molecule has 3 aromatic heterocycles. The van der Waals surface area contributed by atoms with E-state index >= 15 is 0 Å². The van der Waals surface area contributed by atoms with Crippen molar-refractivity contribution in [1.82, 2.24) is 30.2 Å². The van der Waals surface area contributed by atoms with E-state index in [1.165, 1.54) is 22.3 Å². The Morgan fingerprint density at radius 1 is 1.12 bits per heavy atom. The quantitative estimate of drug-likeness (QED) is 0.585. The highest BCUT2D eigenvalue weighted by atomic mass is 32.1. The number of carbonyl (C=O) groups excluding carboxylic acids is 1. The molecular formula is C17H13N7OS. The SMILES string of the molecule is O=C(Nc1nc(-c2ccncc2)cs1)[C@@H](c1ccccc1)n1cnnn1. The van der Waals surface area contributed by atoms with Gasteiger partial charge in [0.2, 0.25) is 0 Å². The maximum atomic E-state index is 12.9. The number of tetrazole rings is 1. The number of rotatable bonds is 5. The van der Waals surface area contributed by atoms with E-state index in [9.17, 15) is 4.79 Å². The summed E-state index contributed by atoms with van der Waals surface area (Å²) in [5, 5.41) is 16.4. The van der Waals surface area contributed by atoms with Crippen LogP contribution < -0.4 is 5.32 Å². The van der Waals surface area contributed by atoms with Crippen molar-refractivity contribution in [2.45, 2.75) is 6.04 Å². The number of carbonyl (C=O) groups is 1. The third kappa shape index (κ3) is 3.33. The van der Waals surface area contributed by atoms with Crippen molar-refractivity contribution in [3.8, 4) is 11.3 Å². The van der Waals surface area contributed by atoms with Gasteiger partial charge in [0.25, 0.3) is 5.91 Å². The van der Waals surface area contributed by atoms with Gasteiger partial charge in [-0.3, -0.25) is 15.1 Å².